The highest BCUT2D eigenvalue weighted by atomic mass is 16.5. The molecule has 31 heavy (non-hydrogen) atoms. The molecule has 2 aromatic rings. The number of para-hydroxylation sites is 1. The summed E-state index contributed by atoms with van der Waals surface area (Å²) in [4.78, 5) is 30.2. The van der Waals surface area contributed by atoms with Crippen LogP contribution in [0.25, 0.3) is 0 Å². The molecule has 11 heteroatoms. The maximum Gasteiger partial charge on any atom is 0.343 e. The fraction of sp³-hybridized carbons (Fsp3) is 0.500. The molecule has 0 radical (unpaired) electrons. The third kappa shape index (κ3) is 4.30. The molecule has 164 valence electrons. The number of fused-ring (bicyclic) bond motifs is 2. The quantitative estimate of drug-likeness (QED) is 0.750. The minimum atomic E-state index is -0.343. The van der Waals surface area contributed by atoms with Crippen molar-refractivity contribution in [3.05, 3.63) is 36.7 Å². The summed E-state index contributed by atoms with van der Waals surface area (Å²) < 4.78 is 16.7. The van der Waals surface area contributed by atoms with Crippen LogP contribution in [0, 0.1) is 0 Å². The second kappa shape index (κ2) is 9.10. The first-order valence-corrected chi connectivity index (χ1v) is 10.4. The number of carbonyl (C=O) groups is 1. The van der Waals surface area contributed by atoms with Crippen molar-refractivity contribution in [3.63, 3.8) is 0 Å². The number of urea groups is 1. The molecule has 0 unspecified atom stereocenters. The summed E-state index contributed by atoms with van der Waals surface area (Å²) in [6, 6.07) is 8.93. The number of hydrogen-bond acceptors (Lipinski definition) is 9. The first-order chi connectivity index (χ1) is 15.3. The minimum absolute atomic E-state index is 0.0312. The van der Waals surface area contributed by atoms with Crippen LogP contribution < -0.4 is 15.2 Å². The summed E-state index contributed by atoms with van der Waals surface area (Å²) >= 11 is 0. The number of morpholine rings is 3. The van der Waals surface area contributed by atoms with E-state index in [1.807, 2.05) is 40.2 Å². The molecule has 5 rings (SSSR count). The molecule has 0 saturated carbocycles. The number of anilines is 3. The van der Waals surface area contributed by atoms with Gasteiger partial charge in [0, 0.05) is 13.1 Å². The van der Waals surface area contributed by atoms with Gasteiger partial charge >= 0.3 is 6.03 Å². The third-order valence-electron chi connectivity index (χ3n) is 5.51. The summed E-state index contributed by atoms with van der Waals surface area (Å²) in [5.74, 6) is 0.786. The van der Waals surface area contributed by atoms with Crippen LogP contribution >= 0.6 is 0 Å². The van der Waals surface area contributed by atoms with E-state index in [1.165, 1.54) is 11.2 Å². The second-order valence-electron chi connectivity index (χ2n) is 7.56. The van der Waals surface area contributed by atoms with Crippen LogP contribution in [0.4, 0.5) is 22.4 Å². The lowest BCUT2D eigenvalue weighted by Gasteiger charge is -2.45. The number of hydrazine groups is 1. The molecule has 3 fully saturated rings. The van der Waals surface area contributed by atoms with Gasteiger partial charge in [0.15, 0.2) is 0 Å². The van der Waals surface area contributed by atoms with E-state index in [2.05, 4.69) is 20.4 Å². The van der Waals surface area contributed by atoms with Gasteiger partial charge in [-0.15, -0.1) is 0 Å². The van der Waals surface area contributed by atoms with Crippen molar-refractivity contribution < 1.29 is 19.0 Å². The number of carbonyl (C=O) groups excluding carboxylic acids is 1. The highest BCUT2D eigenvalue weighted by molar-refractivity contribution is 5.97. The molecule has 0 atom stereocenters. The Morgan fingerprint density at radius 1 is 0.968 bits per heavy atom. The Morgan fingerprint density at radius 3 is 2.32 bits per heavy atom. The highest BCUT2D eigenvalue weighted by Gasteiger charge is 2.38. The highest BCUT2D eigenvalue weighted by Crippen LogP contribution is 2.24. The maximum atomic E-state index is 13.5. The Balaban J connectivity index is 1.43. The summed E-state index contributed by atoms with van der Waals surface area (Å²) in [5.41, 5.74) is 3.70. The molecule has 1 aromatic carbocycles. The number of hydrogen-bond donors (Lipinski definition) is 1. The minimum Gasteiger partial charge on any atom is -0.378 e. The Labute approximate surface area is 179 Å². The van der Waals surface area contributed by atoms with E-state index in [0.717, 1.165) is 0 Å². The van der Waals surface area contributed by atoms with Crippen LogP contribution in [0.1, 0.15) is 0 Å². The fourth-order valence-electron chi connectivity index (χ4n) is 3.94. The second-order valence-corrected chi connectivity index (χ2v) is 7.56. The van der Waals surface area contributed by atoms with Crippen molar-refractivity contribution in [2.24, 2.45) is 0 Å². The summed E-state index contributed by atoms with van der Waals surface area (Å²) in [5, 5.41) is 1.94. The van der Waals surface area contributed by atoms with E-state index in [4.69, 9.17) is 14.2 Å². The molecule has 3 aliphatic heterocycles. The van der Waals surface area contributed by atoms with E-state index in [9.17, 15) is 4.79 Å². The van der Waals surface area contributed by atoms with Crippen LogP contribution in [0.5, 0.6) is 0 Å². The molecule has 3 saturated heterocycles. The lowest BCUT2D eigenvalue weighted by Crippen LogP contribution is -2.66. The third-order valence-corrected chi connectivity index (χ3v) is 5.51. The molecule has 0 aliphatic carbocycles. The average Bonchev–Trinajstić information content (AvgIpc) is 2.81. The lowest BCUT2D eigenvalue weighted by atomic mass is 10.1. The van der Waals surface area contributed by atoms with Gasteiger partial charge in [0.2, 0.25) is 11.9 Å². The monoisotopic (exact) mass is 427 g/mol. The van der Waals surface area contributed by atoms with Gasteiger partial charge in [0.05, 0.1) is 57.4 Å². The molecule has 2 amide bonds. The molecule has 11 nitrogen and oxygen atoms in total. The molecule has 2 bridgehead atoms. The van der Waals surface area contributed by atoms with Crippen molar-refractivity contribution in [2.75, 3.05) is 62.5 Å². The van der Waals surface area contributed by atoms with Crippen LogP contribution in [0.15, 0.2) is 36.7 Å². The van der Waals surface area contributed by atoms with Crippen molar-refractivity contribution in [3.8, 4) is 0 Å². The standard InChI is InChI=1S/C20H25N7O4/c28-20(24-27-16-10-30-12-17(27)13-31-11-16)26(15-4-2-1-3-5-15)19-22-14-21-18(23-19)25-6-8-29-9-7-25/h1-5,14,16-17H,6-13H2,(H,24,28). The maximum absolute atomic E-state index is 13.5. The topological polar surface area (TPSA) is 105 Å². The summed E-state index contributed by atoms with van der Waals surface area (Å²) in [7, 11) is 0. The molecular weight excluding hydrogens is 402 g/mol. The van der Waals surface area contributed by atoms with Gasteiger partial charge < -0.3 is 19.1 Å². The zero-order valence-electron chi connectivity index (χ0n) is 17.1. The van der Waals surface area contributed by atoms with Gasteiger partial charge in [-0.05, 0) is 12.1 Å². The van der Waals surface area contributed by atoms with Crippen molar-refractivity contribution in [1.29, 1.82) is 0 Å². The SMILES string of the molecule is O=C(NN1C2COCC1COC2)N(c1ccccc1)c1ncnc(N2CCOCC2)n1. The van der Waals surface area contributed by atoms with Gasteiger partial charge in [-0.3, -0.25) is 5.43 Å². The molecule has 1 N–H and O–H groups in total. The predicted molar refractivity (Wildman–Crippen MR) is 111 cm³/mol. The van der Waals surface area contributed by atoms with Crippen molar-refractivity contribution in [2.45, 2.75) is 12.1 Å². The van der Waals surface area contributed by atoms with Crippen LogP contribution in [0.3, 0.4) is 0 Å². The Morgan fingerprint density at radius 2 is 1.65 bits per heavy atom. The van der Waals surface area contributed by atoms with Gasteiger partial charge in [0.1, 0.15) is 6.33 Å². The van der Waals surface area contributed by atoms with E-state index in [-0.39, 0.29) is 24.1 Å². The van der Waals surface area contributed by atoms with Gasteiger partial charge in [0.25, 0.3) is 0 Å². The molecule has 3 aliphatic rings. The Hall–Kier alpha value is -2.86. The number of amides is 2. The Bertz CT molecular complexity index is 874. The number of nitrogens with one attached hydrogen (secondary N) is 1. The number of rotatable bonds is 4. The van der Waals surface area contributed by atoms with Crippen LogP contribution in [0.2, 0.25) is 0 Å². The van der Waals surface area contributed by atoms with Crippen molar-refractivity contribution >= 4 is 23.6 Å². The largest absolute Gasteiger partial charge is 0.378 e. The van der Waals surface area contributed by atoms with E-state index < -0.39 is 0 Å². The number of nitrogens with zero attached hydrogens (tertiary/aromatic N) is 6. The normalized spacial score (nSPS) is 23.9. The van der Waals surface area contributed by atoms with Crippen LogP contribution in [-0.2, 0) is 14.2 Å². The molecule has 4 heterocycles. The number of benzene rings is 1. The summed E-state index contributed by atoms with van der Waals surface area (Å²) in [6.07, 6.45) is 1.44. The van der Waals surface area contributed by atoms with E-state index in [0.29, 0.717) is 64.4 Å². The van der Waals surface area contributed by atoms with Gasteiger partial charge in [-0.25, -0.2) is 24.7 Å². The lowest BCUT2D eigenvalue weighted by molar-refractivity contribution is -0.150. The zero-order valence-corrected chi connectivity index (χ0v) is 17.1. The van der Waals surface area contributed by atoms with Gasteiger partial charge in [-0.2, -0.15) is 4.98 Å². The number of ether oxygens (including phenoxy) is 3. The van der Waals surface area contributed by atoms with Gasteiger partial charge in [-0.1, -0.05) is 18.2 Å². The average molecular weight is 427 g/mol. The van der Waals surface area contributed by atoms with E-state index >= 15 is 0 Å². The first-order valence-electron chi connectivity index (χ1n) is 10.4. The molecule has 0 spiro atoms. The number of aromatic nitrogens is 3. The Kier molecular flexibility index (Phi) is 5.89. The van der Waals surface area contributed by atoms with E-state index in [1.54, 1.807) is 0 Å². The summed E-state index contributed by atoms with van der Waals surface area (Å²) in [6.45, 7) is 4.65. The van der Waals surface area contributed by atoms with Crippen LogP contribution in [-0.4, -0.2) is 90.8 Å². The molecular formula is C20H25N7O4. The smallest absolute Gasteiger partial charge is 0.343 e. The molecule has 1 aromatic heterocycles. The first kappa shape index (κ1) is 20.1. The fourth-order valence-corrected chi connectivity index (χ4v) is 3.94. The van der Waals surface area contributed by atoms with Crippen molar-refractivity contribution in [1.82, 2.24) is 25.4 Å². The predicted octanol–water partition coefficient (Wildman–Crippen LogP) is 0.570. The zero-order chi connectivity index (χ0) is 21.0.